The van der Waals surface area contributed by atoms with Crippen molar-refractivity contribution in [3.63, 3.8) is 0 Å². The maximum atomic E-state index is 12.4. The van der Waals surface area contributed by atoms with Gasteiger partial charge in [-0.2, -0.15) is 0 Å². The van der Waals surface area contributed by atoms with Crippen molar-refractivity contribution in [1.29, 1.82) is 0 Å². The van der Waals surface area contributed by atoms with Gasteiger partial charge in [0.15, 0.2) is 4.90 Å². The highest BCUT2D eigenvalue weighted by atomic mass is 35.5. The Kier molecular flexibility index (Phi) is 5.71. The van der Waals surface area contributed by atoms with Crippen LogP contribution in [0.4, 0.5) is 11.4 Å². The summed E-state index contributed by atoms with van der Waals surface area (Å²) in [6, 6.07) is 12.3. The van der Waals surface area contributed by atoms with Gasteiger partial charge < -0.3 is 4.98 Å². The molecule has 0 fully saturated rings. The number of rotatable bonds is 6. The molecule has 0 atom stereocenters. The third-order valence-electron chi connectivity index (χ3n) is 3.60. The van der Waals surface area contributed by atoms with Crippen molar-refractivity contribution in [2.24, 2.45) is 0 Å². The fraction of sp³-hybridized carbons (Fsp3) is 0. The first-order chi connectivity index (χ1) is 13.7. The van der Waals surface area contributed by atoms with E-state index in [4.69, 9.17) is 11.6 Å². The van der Waals surface area contributed by atoms with Crippen LogP contribution in [0, 0.1) is 0 Å². The van der Waals surface area contributed by atoms with Crippen LogP contribution in [0.3, 0.4) is 0 Å². The first-order valence-corrected chi connectivity index (χ1v) is 9.87. The van der Waals surface area contributed by atoms with Crippen LogP contribution in [-0.2, 0) is 10.0 Å². The predicted molar refractivity (Wildman–Crippen MR) is 107 cm³/mol. The molecule has 0 saturated heterocycles. The van der Waals surface area contributed by atoms with Gasteiger partial charge in [0.1, 0.15) is 0 Å². The quantitative estimate of drug-likeness (QED) is 0.367. The topological polar surface area (TPSA) is 153 Å². The number of hydrogen-bond acceptors (Lipinski definition) is 6. The van der Waals surface area contributed by atoms with Gasteiger partial charge >= 0.3 is 5.69 Å². The molecule has 2 aromatic carbocycles. The van der Waals surface area contributed by atoms with Gasteiger partial charge in [0.05, 0.1) is 5.69 Å². The first kappa shape index (κ1) is 20.2. The van der Waals surface area contributed by atoms with Crippen LogP contribution in [0.5, 0.6) is 0 Å². The van der Waals surface area contributed by atoms with E-state index in [1.165, 1.54) is 24.3 Å². The Hall–Kier alpha value is -3.57. The number of amides is 1. The van der Waals surface area contributed by atoms with Gasteiger partial charge in [-0.15, -0.1) is 0 Å². The van der Waals surface area contributed by atoms with Gasteiger partial charge in [0.2, 0.25) is 0 Å². The number of benzene rings is 2. The molecule has 3 rings (SSSR count). The maximum absolute atomic E-state index is 12.4. The molecule has 10 nitrogen and oxygen atoms in total. The summed E-state index contributed by atoms with van der Waals surface area (Å²) in [5.74, 6) is -0.534. The lowest BCUT2D eigenvalue weighted by molar-refractivity contribution is 0.0962. The lowest BCUT2D eigenvalue weighted by Crippen LogP contribution is -2.30. The Labute approximate surface area is 169 Å². The van der Waals surface area contributed by atoms with Crippen molar-refractivity contribution in [3.05, 3.63) is 86.2 Å². The molecular formula is C17H14ClN5O5S. The minimum absolute atomic E-state index is 0.0472. The second-order valence-corrected chi connectivity index (χ2v) is 7.80. The van der Waals surface area contributed by atoms with E-state index in [1.807, 2.05) is 4.98 Å². The fourth-order valence-electron chi connectivity index (χ4n) is 2.30. The third kappa shape index (κ3) is 5.03. The van der Waals surface area contributed by atoms with Crippen molar-refractivity contribution in [3.8, 4) is 0 Å². The Morgan fingerprint density at radius 3 is 2.45 bits per heavy atom. The highest BCUT2D eigenvalue weighted by Gasteiger charge is 2.19. The molecule has 0 bridgehead atoms. The van der Waals surface area contributed by atoms with Gasteiger partial charge in [0, 0.05) is 22.5 Å². The zero-order chi connectivity index (χ0) is 21.0. The number of nitrogens with one attached hydrogen (secondary N) is 5. The number of aromatic nitrogens is 2. The van der Waals surface area contributed by atoms with Gasteiger partial charge in [-0.1, -0.05) is 23.7 Å². The number of sulfonamides is 1. The van der Waals surface area contributed by atoms with Gasteiger partial charge in [-0.05, 0) is 36.4 Å². The number of aromatic amines is 2. The van der Waals surface area contributed by atoms with Crippen molar-refractivity contribution < 1.29 is 13.2 Å². The molecule has 1 heterocycles. The van der Waals surface area contributed by atoms with E-state index in [0.717, 1.165) is 6.20 Å². The van der Waals surface area contributed by atoms with Gasteiger partial charge in [-0.25, -0.2) is 13.2 Å². The summed E-state index contributed by atoms with van der Waals surface area (Å²) in [5.41, 5.74) is 4.00. The van der Waals surface area contributed by atoms with E-state index in [1.54, 1.807) is 24.3 Å². The van der Waals surface area contributed by atoms with Crippen LogP contribution in [-0.4, -0.2) is 24.3 Å². The molecule has 0 radical (unpaired) electrons. The van der Waals surface area contributed by atoms with Crippen molar-refractivity contribution in [1.82, 2.24) is 15.4 Å². The first-order valence-electron chi connectivity index (χ1n) is 8.01. The summed E-state index contributed by atoms with van der Waals surface area (Å²) >= 11 is 5.87. The second-order valence-electron chi connectivity index (χ2n) is 5.71. The van der Waals surface area contributed by atoms with Crippen LogP contribution < -0.4 is 26.8 Å². The van der Waals surface area contributed by atoms with E-state index in [0.29, 0.717) is 10.7 Å². The summed E-state index contributed by atoms with van der Waals surface area (Å²) < 4.78 is 26.9. The number of H-pyrrole nitrogens is 2. The number of halogens is 1. The summed E-state index contributed by atoms with van der Waals surface area (Å²) in [7, 11) is -4.29. The van der Waals surface area contributed by atoms with E-state index in [-0.39, 0.29) is 11.3 Å². The molecule has 0 aliphatic carbocycles. The number of hydrazine groups is 1. The lowest BCUT2D eigenvalue weighted by Gasteiger charge is -2.11. The minimum atomic E-state index is -4.29. The molecule has 3 aromatic rings. The van der Waals surface area contributed by atoms with E-state index in [2.05, 4.69) is 20.6 Å². The standard InChI is InChI=1S/C17H14ClN5O5S/c18-11-4-2-5-12(8-11)21-22-15(24)10-3-1-6-13(7-10)23-29(27,28)14-9-19-17(26)20-16(14)25/h1-9,21,23H,(H,22,24)(H2,19,20,25,26). The van der Waals surface area contributed by atoms with Crippen molar-refractivity contribution in [2.45, 2.75) is 4.90 Å². The molecule has 1 aromatic heterocycles. The molecular weight excluding hydrogens is 422 g/mol. The average Bonchev–Trinajstić information content (AvgIpc) is 2.65. The smallest absolute Gasteiger partial charge is 0.313 e. The van der Waals surface area contributed by atoms with Crippen molar-refractivity contribution >= 4 is 38.9 Å². The van der Waals surface area contributed by atoms with Crippen LogP contribution in [0.15, 0.2) is 69.2 Å². The van der Waals surface area contributed by atoms with Crippen LogP contribution in [0.25, 0.3) is 0 Å². The molecule has 0 aliphatic rings. The summed E-state index contributed by atoms with van der Waals surface area (Å²) in [5, 5.41) is 0.484. The largest absolute Gasteiger partial charge is 0.325 e. The Balaban J connectivity index is 1.75. The fourth-order valence-corrected chi connectivity index (χ4v) is 3.55. The molecule has 5 N–H and O–H groups in total. The van der Waals surface area contributed by atoms with Gasteiger partial charge in [-0.3, -0.25) is 30.1 Å². The lowest BCUT2D eigenvalue weighted by atomic mass is 10.2. The van der Waals surface area contributed by atoms with Crippen molar-refractivity contribution in [2.75, 3.05) is 10.1 Å². The second kappa shape index (κ2) is 8.20. The Morgan fingerprint density at radius 2 is 1.72 bits per heavy atom. The molecule has 0 unspecified atom stereocenters. The molecule has 0 spiro atoms. The highest BCUT2D eigenvalue weighted by Crippen LogP contribution is 2.16. The van der Waals surface area contributed by atoms with Crippen LogP contribution >= 0.6 is 11.6 Å². The van der Waals surface area contributed by atoms with E-state index >= 15 is 0 Å². The van der Waals surface area contributed by atoms with E-state index < -0.39 is 32.1 Å². The third-order valence-corrected chi connectivity index (χ3v) is 5.22. The Bertz CT molecular complexity index is 1290. The SMILES string of the molecule is O=C(NNc1cccc(Cl)c1)c1cccc(NS(=O)(=O)c2c[nH]c(=O)[nH]c2=O)c1. The number of carbonyl (C=O) groups excluding carboxylic acids is 1. The summed E-state index contributed by atoms with van der Waals surface area (Å²) in [6.07, 6.45) is 0.787. The normalized spacial score (nSPS) is 10.9. The Morgan fingerprint density at radius 1 is 1.00 bits per heavy atom. The number of anilines is 2. The number of carbonyl (C=O) groups is 1. The summed E-state index contributed by atoms with van der Waals surface area (Å²) in [4.78, 5) is 38.3. The zero-order valence-electron chi connectivity index (χ0n) is 14.5. The highest BCUT2D eigenvalue weighted by molar-refractivity contribution is 7.92. The molecule has 12 heteroatoms. The average molecular weight is 436 g/mol. The van der Waals surface area contributed by atoms with Crippen LogP contribution in [0.1, 0.15) is 10.4 Å². The van der Waals surface area contributed by atoms with E-state index in [9.17, 15) is 22.8 Å². The predicted octanol–water partition coefficient (Wildman–Crippen LogP) is 1.27. The molecule has 150 valence electrons. The molecule has 0 saturated carbocycles. The summed E-state index contributed by atoms with van der Waals surface area (Å²) in [6.45, 7) is 0. The molecule has 0 aliphatic heterocycles. The zero-order valence-corrected chi connectivity index (χ0v) is 16.1. The van der Waals surface area contributed by atoms with Crippen LogP contribution in [0.2, 0.25) is 5.02 Å². The van der Waals surface area contributed by atoms with Gasteiger partial charge in [0.25, 0.3) is 21.5 Å². The molecule has 1 amide bonds. The minimum Gasteiger partial charge on any atom is -0.313 e. The number of hydrogen-bond donors (Lipinski definition) is 5. The monoisotopic (exact) mass is 435 g/mol. The maximum Gasteiger partial charge on any atom is 0.325 e. The molecule has 29 heavy (non-hydrogen) atoms.